The van der Waals surface area contributed by atoms with Crippen LogP contribution in [0, 0.1) is 0 Å². The predicted octanol–water partition coefficient (Wildman–Crippen LogP) is 4.35. The number of rotatable bonds is 3. The number of nitrogens with two attached hydrogens (primary N) is 2. The van der Waals surface area contributed by atoms with Gasteiger partial charge in [-0.3, -0.25) is 9.98 Å². The lowest BCUT2D eigenvalue weighted by Gasteiger charge is -2.06. The van der Waals surface area contributed by atoms with Crippen LogP contribution in [0.5, 0.6) is 5.75 Å². The van der Waals surface area contributed by atoms with Crippen molar-refractivity contribution in [1.82, 2.24) is 0 Å². The molecular formula is C19H21BrN4OS2. The van der Waals surface area contributed by atoms with Crippen molar-refractivity contribution in [1.29, 1.82) is 0 Å². The Balaban J connectivity index is 0.000000156. The van der Waals surface area contributed by atoms with Gasteiger partial charge in [0.25, 0.3) is 0 Å². The maximum absolute atomic E-state index is 5.61. The van der Waals surface area contributed by atoms with Crippen LogP contribution in [0.4, 0.5) is 0 Å². The Morgan fingerprint density at radius 1 is 0.926 bits per heavy atom. The first kappa shape index (κ1) is 20.1. The minimum atomic E-state index is 0.214. The molecule has 0 amide bonds. The van der Waals surface area contributed by atoms with Crippen LogP contribution in [0.3, 0.4) is 0 Å². The second kappa shape index (κ2) is 9.52. The predicted molar refractivity (Wildman–Crippen MR) is 121 cm³/mol. The Morgan fingerprint density at radius 3 is 2.00 bits per heavy atom. The summed E-state index contributed by atoms with van der Waals surface area (Å²) < 4.78 is 6.18. The lowest BCUT2D eigenvalue weighted by molar-refractivity contribution is 0.414. The van der Waals surface area contributed by atoms with Crippen molar-refractivity contribution in [3.8, 4) is 5.75 Å². The van der Waals surface area contributed by atoms with Crippen molar-refractivity contribution < 1.29 is 4.74 Å². The second-order valence-electron chi connectivity index (χ2n) is 5.92. The van der Waals surface area contributed by atoms with Crippen LogP contribution in [0.2, 0.25) is 0 Å². The Labute approximate surface area is 176 Å². The highest BCUT2D eigenvalue weighted by Crippen LogP contribution is 2.30. The van der Waals surface area contributed by atoms with Gasteiger partial charge in [-0.25, -0.2) is 0 Å². The highest BCUT2D eigenvalue weighted by atomic mass is 79.9. The largest absolute Gasteiger partial charge is 0.497 e. The summed E-state index contributed by atoms with van der Waals surface area (Å²) in [5, 5.41) is 1.38. The number of halogens is 1. The number of thioether (sulfide) groups is 2. The van der Waals surface area contributed by atoms with Crippen molar-refractivity contribution in [2.24, 2.45) is 21.5 Å². The molecule has 0 radical (unpaired) electrons. The van der Waals surface area contributed by atoms with E-state index in [2.05, 4.69) is 38.0 Å². The Kier molecular flexibility index (Phi) is 7.09. The molecule has 0 fully saturated rings. The quantitative estimate of drug-likeness (QED) is 0.704. The van der Waals surface area contributed by atoms with Crippen LogP contribution in [0.25, 0.3) is 0 Å². The molecule has 2 unspecified atom stereocenters. The van der Waals surface area contributed by atoms with Crippen molar-refractivity contribution in [2.45, 2.75) is 12.1 Å². The summed E-state index contributed by atoms with van der Waals surface area (Å²) in [6, 6.07) is 16.6. The van der Waals surface area contributed by atoms with E-state index in [4.69, 9.17) is 16.2 Å². The summed E-state index contributed by atoms with van der Waals surface area (Å²) in [4.78, 5) is 8.67. The monoisotopic (exact) mass is 464 g/mol. The molecule has 4 rings (SSSR count). The summed E-state index contributed by atoms with van der Waals surface area (Å²) in [6.45, 7) is 0. The van der Waals surface area contributed by atoms with Crippen LogP contribution >= 0.6 is 39.5 Å². The number of ether oxygens (including phenoxy) is 1. The van der Waals surface area contributed by atoms with E-state index >= 15 is 0 Å². The minimum Gasteiger partial charge on any atom is -0.497 e. The number of methoxy groups -OCH3 is 1. The standard InChI is InChI=1S/C10H12N2OS.C9H9BrN2S/c1-13-8-4-2-7(3-5-8)9-6-14-10(11)12-9;10-7-3-1-2-6(4-7)8-5-13-9(11)12-8/h2-5,9H,6H2,1H3,(H2,11,12);1-4,8H,5H2,(H2,11,12). The number of amidine groups is 2. The van der Waals surface area contributed by atoms with Gasteiger partial charge in [-0.15, -0.1) is 0 Å². The topological polar surface area (TPSA) is 86.0 Å². The fourth-order valence-electron chi connectivity index (χ4n) is 2.67. The Morgan fingerprint density at radius 2 is 1.52 bits per heavy atom. The summed E-state index contributed by atoms with van der Waals surface area (Å²) in [7, 11) is 1.66. The molecule has 0 aliphatic carbocycles. The van der Waals surface area contributed by atoms with Crippen molar-refractivity contribution in [2.75, 3.05) is 18.6 Å². The number of aliphatic imine (C=N–C) groups is 2. The zero-order valence-electron chi connectivity index (χ0n) is 14.8. The minimum absolute atomic E-state index is 0.214. The average Bonchev–Trinajstić information content (AvgIpc) is 3.31. The molecule has 8 heteroatoms. The molecule has 0 spiro atoms. The maximum Gasteiger partial charge on any atom is 0.154 e. The summed E-state index contributed by atoms with van der Waals surface area (Å²) in [5.41, 5.74) is 13.6. The third-order valence-electron chi connectivity index (χ3n) is 4.08. The maximum atomic E-state index is 5.61. The van der Waals surface area contributed by atoms with Gasteiger partial charge in [0.15, 0.2) is 10.3 Å². The number of hydrogen-bond acceptors (Lipinski definition) is 7. The van der Waals surface area contributed by atoms with Crippen LogP contribution in [0.1, 0.15) is 23.2 Å². The molecule has 0 saturated heterocycles. The lowest BCUT2D eigenvalue weighted by Crippen LogP contribution is -2.01. The molecule has 142 valence electrons. The first-order valence-electron chi connectivity index (χ1n) is 8.36. The molecule has 2 aliphatic rings. The Bertz CT molecular complexity index is 842. The lowest BCUT2D eigenvalue weighted by atomic mass is 10.1. The van der Waals surface area contributed by atoms with Crippen molar-refractivity contribution in [3.63, 3.8) is 0 Å². The number of nitrogens with zero attached hydrogens (tertiary/aromatic N) is 2. The van der Waals surface area contributed by atoms with Crippen LogP contribution in [-0.4, -0.2) is 29.0 Å². The zero-order valence-corrected chi connectivity index (χ0v) is 18.1. The van der Waals surface area contributed by atoms with Gasteiger partial charge in [-0.05, 0) is 35.4 Å². The highest BCUT2D eigenvalue weighted by Gasteiger charge is 2.18. The molecule has 2 aromatic carbocycles. The molecule has 5 nitrogen and oxygen atoms in total. The molecule has 2 aromatic rings. The van der Waals surface area contributed by atoms with Gasteiger partial charge in [0.05, 0.1) is 19.2 Å². The van der Waals surface area contributed by atoms with Crippen molar-refractivity contribution >= 4 is 49.8 Å². The van der Waals surface area contributed by atoms with Gasteiger partial charge in [0, 0.05) is 16.0 Å². The number of benzene rings is 2. The molecule has 4 N–H and O–H groups in total. The van der Waals surface area contributed by atoms with E-state index < -0.39 is 0 Å². The van der Waals surface area contributed by atoms with Gasteiger partial charge >= 0.3 is 0 Å². The third-order valence-corrected chi connectivity index (χ3v) is 6.34. The van der Waals surface area contributed by atoms with Gasteiger partial charge in [-0.2, -0.15) is 0 Å². The zero-order chi connectivity index (χ0) is 19.2. The SMILES string of the molecule is COc1ccc(C2CSC(N)=N2)cc1.NC1=NC(c2cccc(Br)c2)CS1. The van der Waals surface area contributed by atoms with E-state index in [0.29, 0.717) is 10.3 Å². The fraction of sp³-hybridized carbons (Fsp3) is 0.263. The molecule has 0 saturated carbocycles. The first-order valence-corrected chi connectivity index (χ1v) is 11.1. The van der Waals surface area contributed by atoms with E-state index in [0.717, 1.165) is 21.7 Å². The molecule has 0 aromatic heterocycles. The van der Waals surface area contributed by atoms with E-state index in [1.54, 1.807) is 30.6 Å². The first-order chi connectivity index (χ1) is 13.0. The smallest absolute Gasteiger partial charge is 0.154 e. The fourth-order valence-corrected chi connectivity index (χ4v) is 4.68. The Hall–Kier alpha value is -1.64. The van der Waals surface area contributed by atoms with E-state index in [1.165, 1.54) is 11.1 Å². The van der Waals surface area contributed by atoms with Crippen LogP contribution in [0.15, 0.2) is 63.0 Å². The molecule has 0 bridgehead atoms. The van der Waals surface area contributed by atoms with Gasteiger partial charge in [0.1, 0.15) is 5.75 Å². The molecular weight excluding hydrogens is 444 g/mol. The van der Waals surface area contributed by atoms with Gasteiger partial charge in [0.2, 0.25) is 0 Å². The highest BCUT2D eigenvalue weighted by molar-refractivity contribution is 9.10. The van der Waals surface area contributed by atoms with E-state index in [1.807, 2.05) is 36.4 Å². The van der Waals surface area contributed by atoms with Crippen LogP contribution < -0.4 is 16.2 Å². The molecule has 2 aliphatic heterocycles. The summed E-state index contributed by atoms with van der Waals surface area (Å²) >= 11 is 6.66. The van der Waals surface area contributed by atoms with E-state index in [-0.39, 0.29) is 12.1 Å². The van der Waals surface area contributed by atoms with E-state index in [9.17, 15) is 0 Å². The summed E-state index contributed by atoms with van der Waals surface area (Å²) in [6.07, 6.45) is 0. The van der Waals surface area contributed by atoms with Crippen LogP contribution in [-0.2, 0) is 0 Å². The second-order valence-corrected chi connectivity index (χ2v) is 8.91. The van der Waals surface area contributed by atoms with Crippen molar-refractivity contribution in [3.05, 3.63) is 64.1 Å². The summed E-state index contributed by atoms with van der Waals surface area (Å²) in [5.74, 6) is 2.77. The average molecular weight is 465 g/mol. The molecule has 27 heavy (non-hydrogen) atoms. The van der Waals surface area contributed by atoms with Gasteiger partial charge in [-0.1, -0.05) is 63.7 Å². The van der Waals surface area contributed by atoms with Gasteiger partial charge < -0.3 is 16.2 Å². The molecule has 2 atom stereocenters. The molecule has 2 heterocycles. The number of hydrogen-bond donors (Lipinski definition) is 2. The normalized spacial score (nSPS) is 21.1. The third kappa shape index (κ3) is 5.67.